The van der Waals surface area contributed by atoms with Crippen LogP contribution in [-0.4, -0.2) is 46.9 Å². The summed E-state index contributed by atoms with van der Waals surface area (Å²) in [4.78, 5) is 49.3. The molecule has 5 heterocycles. The Morgan fingerprint density at radius 2 is 1.91 bits per heavy atom. The van der Waals surface area contributed by atoms with Crippen LogP contribution in [0.15, 0.2) is 47.5 Å². The van der Waals surface area contributed by atoms with Crippen molar-refractivity contribution in [2.75, 3.05) is 5.32 Å². The van der Waals surface area contributed by atoms with E-state index >= 15 is 0 Å². The second-order valence-corrected chi connectivity index (χ2v) is 8.68. The lowest BCUT2D eigenvalue weighted by Gasteiger charge is -2.20. The number of carbonyl (C=O) groups excluding carboxylic acids is 2. The van der Waals surface area contributed by atoms with Crippen LogP contribution in [0.2, 0.25) is 0 Å². The Hall–Kier alpha value is -4.41. The average molecular weight is 475 g/mol. The first-order chi connectivity index (χ1) is 16.7. The molecule has 0 atom stereocenters. The molecule has 0 aliphatic carbocycles. The van der Waals surface area contributed by atoms with Gasteiger partial charge in [-0.3, -0.25) is 19.4 Å². The highest BCUT2D eigenvalue weighted by Gasteiger charge is 2.36. The molecule has 0 bridgehead atoms. The molecule has 0 radical (unpaired) electrons. The maximum Gasteiger partial charge on any atom is 0.280 e. The van der Waals surface area contributed by atoms with Crippen molar-refractivity contribution in [2.24, 2.45) is 0 Å². The van der Waals surface area contributed by atoms with Crippen molar-refractivity contribution in [1.29, 1.82) is 0 Å². The minimum Gasteiger partial charge on any atom is -0.330 e. The predicted octanol–water partition coefficient (Wildman–Crippen LogP) is 2.40. The summed E-state index contributed by atoms with van der Waals surface area (Å²) in [6.45, 7) is 5.47. The fourth-order valence-electron chi connectivity index (χ4n) is 4.08. The van der Waals surface area contributed by atoms with Crippen LogP contribution in [0.25, 0.3) is 17.0 Å². The molecule has 0 fully saturated rings. The van der Waals surface area contributed by atoms with Gasteiger partial charge in [-0.25, -0.2) is 9.37 Å². The van der Waals surface area contributed by atoms with Gasteiger partial charge in [-0.2, -0.15) is 9.61 Å². The smallest absolute Gasteiger partial charge is 0.280 e. The van der Waals surface area contributed by atoms with Crippen LogP contribution in [0.3, 0.4) is 0 Å². The lowest BCUT2D eigenvalue weighted by molar-refractivity contribution is -0.116. The number of rotatable bonds is 5. The highest BCUT2D eigenvalue weighted by Crippen LogP contribution is 2.26. The number of fused-ring (bicyclic) bond motifs is 2. The molecule has 1 aliphatic rings. The fraction of sp³-hybridized carbons (Fsp3) is 0.250. The summed E-state index contributed by atoms with van der Waals surface area (Å²) >= 11 is 0. The van der Waals surface area contributed by atoms with E-state index in [1.54, 1.807) is 23.2 Å². The highest BCUT2D eigenvalue weighted by atomic mass is 19.1. The number of nitrogens with zero attached hydrogens (tertiary/aromatic N) is 6. The lowest BCUT2D eigenvalue weighted by Crippen LogP contribution is -2.32. The van der Waals surface area contributed by atoms with Crippen LogP contribution < -0.4 is 10.9 Å². The third-order valence-electron chi connectivity index (χ3n) is 5.86. The van der Waals surface area contributed by atoms with Crippen molar-refractivity contribution >= 4 is 23.3 Å². The van der Waals surface area contributed by atoms with E-state index in [0.29, 0.717) is 11.4 Å². The van der Waals surface area contributed by atoms with E-state index in [4.69, 9.17) is 0 Å². The van der Waals surface area contributed by atoms with Crippen molar-refractivity contribution in [3.05, 3.63) is 75.7 Å². The largest absolute Gasteiger partial charge is 0.330 e. The van der Waals surface area contributed by atoms with E-state index in [1.807, 2.05) is 26.8 Å². The van der Waals surface area contributed by atoms with E-state index in [-0.39, 0.29) is 47.8 Å². The van der Waals surface area contributed by atoms with Gasteiger partial charge < -0.3 is 14.8 Å². The normalized spacial score (nSPS) is 13.1. The van der Waals surface area contributed by atoms with Crippen LogP contribution >= 0.6 is 0 Å². The Morgan fingerprint density at radius 3 is 2.57 bits per heavy atom. The molecule has 0 spiro atoms. The summed E-state index contributed by atoms with van der Waals surface area (Å²) in [6.07, 6.45) is 2.69. The monoisotopic (exact) mass is 475 g/mol. The number of anilines is 1. The van der Waals surface area contributed by atoms with Crippen LogP contribution in [0.1, 0.15) is 35.5 Å². The maximum atomic E-state index is 13.3. The Morgan fingerprint density at radius 1 is 1.11 bits per heavy atom. The number of aromatic nitrogens is 5. The molecule has 35 heavy (non-hydrogen) atoms. The van der Waals surface area contributed by atoms with Crippen LogP contribution in [0.4, 0.5) is 10.2 Å². The van der Waals surface area contributed by atoms with Gasteiger partial charge in [0.05, 0.1) is 24.0 Å². The van der Waals surface area contributed by atoms with E-state index in [0.717, 1.165) is 11.8 Å². The van der Waals surface area contributed by atoms with Gasteiger partial charge in [-0.1, -0.05) is 6.07 Å². The standard InChI is InChI=1S/C24H22FN7O3/c1-13(2)30-11-16-22(24(30)35)31(12-20(33)28-19-7-5-15(25)10-27-19)21-8-18(29-32(21)23(16)34)17-6-4-14(3)9-26-17/h4-10,13H,11-12H2,1-3H3,(H,27,28,33). The Balaban J connectivity index is 1.63. The lowest BCUT2D eigenvalue weighted by atomic mass is 10.2. The first-order valence-electron chi connectivity index (χ1n) is 11.0. The van der Waals surface area contributed by atoms with E-state index < -0.39 is 17.3 Å². The number of carbonyl (C=O) groups is 2. The predicted molar refractivity (Wildman–Crippen MR) is 125 cm³/mol. The summed E-state index contributed by atoms with van der Waals surface area (Å²) in [5, 5.41) is 7.05. The number of amides is 2. The molecular formula is C24H22FN7O3. The molecule has 1 N–H and O–H groups in total. The minimum absolute atomic E-state index is 0.125. The van der Waals surface area contributed by atoms with Gasteiger partial charge in [0.1, 0.15) is 35.2 Å². The maximum absolute atomic E-state index is 13.3. The molecular weight excluding hydrogens is 453 g/mol. The second-order valence-electron chi connectivity index (χ2n) is 8.68. The summed E-state index contributed by atoms with van der Waals surface area (Å²) in [5.74, 6) is -1.19. The molecule has 0 saturated carbocycles. The zero-order valence-electron chi connectivity index (χ0n) is 19.3. The molecule has 0 saturated heterocycles. The summed E-state index contributed by atoms with van der Waals surface area (Å²) in [6, 6.07) is 7.68. The SMILES string of the molecule is Cc1ccc(-c2cc3n(CC(=O)Nc4ccc(F)cn4)c4c(c(=O)n3n2)CN(C(C)C)C4=O)nc1. The molecule has 1 aliphatic heterocycles. The van der Waals surface area contributed by atoms with Gasteiger partial charge in [0.15, 0.2) is 0 Å². The molecule has 5 rings (SSSR count). The highest BCUT2D eigenvalue weighted by molar-refractivity contribution is 5.98. The van der Waals surface area contributed by atoms with Gasteiger partial charge >= 0.3 is 0 Å². The van der Waals surface area contributed by atoms with Gasteiger partial charge in [0.2, 0.25) is 5.91 Å². The molecule has 0 aromatic carbocycles. The molecule has 11 heteroatoms. The number of aryl methyl sites for hydroxylation is 1. The zero-order valence-corrected chi connectivity index (χ0v) is 19.3. The Labute approximate surface area is 199 Å². The number of pyridine rings is 2. The zero-order chi connectivity index (χ0) is 24.9. The number of hydrogen-bond acceptors (Lipinski definition) is 6. The molecule has 0 unspecified atom stereocenters. The number of halogens is 1. The van der Waals surface area contributed by atoms with E-state index in [1.165, 1.54) is 21.2 Å². The van der Waals surface area contributed by atoms with Gasteiger partial charge in [-0.15, -0.1) is 0 Å². The summed E-state index contributed by atoms with van der Waals surface area (Å²) in [7, 11) is 0. The van der Waals surface area contributed by atoms with Crippen molar-refractivity contribution in [2.45, 2.75) is 39.9 Å². The average Bonchev–Trinajstić information content (AvgIpc) is 3.41. The van der Waals surface area contributed by atoms with Crippen molar-refractivity contribution < 1.29 is 14.0 Å². The van der Waals surface area contributed by atoms with Crippen LogP contribution in [0.5, 0.6) is 0 Å². The Kier molecular flexibility index (Phi) is 5.39. The first-order valence-corrected chi connectivity index (χ1v) is 11.0. The van der Waals surface area contributed by atoms with Gasteiger partial charge in [0, 0.05) is 18.3 Å². The van der Waals surface area contributed by atoms with Gasteiger partial charge in [0.25, 0.3) is 11.5 Å². The summed E-state index contributed by atoms with van der Waals surface area (Å²) in [5.41, 5.74) is 2.27. The molecule has 4 aromatic heterocycles. The van der Waals surface area contributed by atoms with Crippen molar-refractivity contribution in [3.63, 3.8) is 0 Å². The first kappa shape index (κ1) is 22.4. The number of hydrogen-bond donors (Lipinski definition) is 1. The summed E-state index contributed by atoms with van der Waals surface area (Å²) < 4.78 is 15.9. The van der Waals surface area contributed by atoms with E-state index in [2.05, 4.69) is 20.4 Å². The van der Waals surface area contributed by atoms with E-state index in [9.17, 15) is 18.8 Å². The second kappa shape index (κ2) is 8.42. The fourth-order valence-corrected chi connectivity index (χ4v) is 4.08. The molecule has 178 valence electrons. The number of nitrogens with one attached hydrogen (secondary N) is 1. The topological polar surface area (TPSA) is 114 Å². The van der Waals surface area contributed by atoms with Crippen LogP contribution in [-0.2, 0) is 17.9 Å². The molecule has 4 aromatic rings. The van der Waals surface area contributed by atoms with Gasteiger partial charge in [-0.05, 0) is 44.5 Å². The Bertz CT molecular complexity index is 1520. The van der Waals surface area contributed by atoms with Crippen molar-refractivity contribution in [3.8, 4) is 11.4 Å². The minimum atomic E-state index is -0.529. The van der Waals surface area contributed by atoms with Crippen LogP contribution in [0, 0.1) is 12.7 Å². The third-order valence-corrected chi connectivity index (χ3v) is 5.86. The third kappa shape index (κ3) is 3.94. The molecule has 10 nitrogen and oxygen atoms in total. The molecule has 2 amide bonds. The quantitative estimate of drug-likeness (QED) is 0.474. The van der Waals surface area contributed by atoms with Crippen molar-refractivity contribution in [1.82, 2.24) is 29.0 Å².